The molecule has 0 aliphatic heterocycles. The Bertz CT molecular complexity index is 445. The van der Waals surface area contributed by atoms with Crippen molar-refractivity contribution in [3.05, 3.63) is 40.5 Å². The predicted octanol–water partition coefficient (Wildman–Crippen LogP) is 4.33. The first kappa shape index (κ1) is 13.3. The molecule has 2 unspecified atom stereocenters. The van der Waals surface area contributed by atoms with Gasteiger partial charge in [-0.3, -0.25) is 0 Å². The average molecular weight is 391 g/mol. The SMILES string of the molecule is CCC(C)C1C=Cc2cc3c(cc21)CCC3.[Hf]. The van der Waals surface area contributed by atoms with Crippen LogP contribution in [0.1, 0.15) is 54.9 Å². The van der Waals surface area contributed by atoms with Gasteiger partial charge in [0.2, 0.25) is 0 Å². The van der Waals surface area contributed by atoms with Gasteiger partial charge in [0.1, 0.15) is 0 Å². The molecule has 88 valence electrons. The molecular weight excluding hydrogens is 371 g/mol. The van der Waals surface area contributed by atoms with Crippen LogP contribution in [0, 0.1) is 5.92 Å². The monoisotopic (exact) mass is 392 g/mol. The van der Waals surface area contributed by atoms with Gasteiger partial charge in [0.15, 0.2) is 0 Å². The quantitative estimate of drug-likeness (QED) is 0.659. The van der Waals surface area contributed by atoms with Gasteiger partial charge in [-0.15, -0.1) is 0 Å². The Hall–Kier alpha value is -0.170. The first-order valence-electron chi connectivity index (χ1n) is 6.63. The maximum atomic E-state index is 2.49. The van der Waals surface area contributed by atoms with E-state index < -0.39 is 0 Å². The van der Waals surface area contributed by atoms with Crippen LogP contribution in [-0.2, 0) is 38.7 Å². The van der Waals surface area contributed by atoms with Crippen molar-refractivity contribution in [2.24, 2.45) is 5.92 Å². The fourth-order valence-corrected chi connectivity index (χ4v) is 3.16. The van der Waals surface area contributed by atoms with Crippen LogP contribution in [0.4, 0.5) is 0 Å². The molecule has 2 aliphatic carbocycles. The maximum absolute atomic E-state index is 2.49. The Kier molecular flexibility index (Phi) is 4.07. The molecular formula is C16H20Hf. The van der Waals surface area contributed by atoms with Gasteiger partial charge in [-0.2, -0.15) is 0 Å². The molecule has 0 spiro atoms. The van der Waals surface area contributed by atoms with E-state index in [2.05, 4.69) is 38.1 Å². The van der Waals surface area contributed by atoms with Crippen molar-refractivity contribution in [2.45, 2.75) is 45.4 Å². The largest absolute Gasteiger partial charge is 0.0761 e. The topological polar surface area (TPSA) is 0 Å². The summed E-state index contributed by atoms with van der Waals surface area (Å²) in [4.78, 5) is 0. The van der Waals surface area contributed by atoms with E-state index in [1.54, 1.807) is 16.7 Å². The molecule has 1 aromatic rings. The van der Waals surface area contributed by atoms with Crippen LogP contribution >= 0.6 is 0 Å². The summed E-state index contributed by atoms with van der Waals surface area (Å²) in [5, 5.41) is 0. The van der Waals surface area contributed by atoms with Crippen LogP contribution < -0.4 is 0 Å². The summed E-state index contributed by atoms with van der Waals surface area (Å²) in [6.45, 7) is 4.67. The van der Waals surface area contributed by atoms with Gasteiger partial charge in [0, 0.05) is 31.8 Å². The van der Waals surface area contributed by atoms with E-state index in [9.17, 15) is 0 Å². The summed E-state index contributed by atoms with van der Waals surface area (Å²) in [6, 6.07) is 4.94. The molecule has 0 aromatic heterocycles. The zero-order valence-electron chi connectivity index (χ0n) is 10.8. The molecule has 0 N–H and O–H groups in total. The fourth-order valence-electron chi connectivity index (χ4n) is 3.16. The van der Waals surface area contributed by atoms with E-state index in [-0.39, 0.29) is 25.8 Å². The third-order valence-electron chi connectivity index (χ3n) is 4.40. The van der Waals surface area contributed by atoms with Crippen molar-refractivity contribution in [3.63, 3.8) is 0 Å². The number of hydrogen-bond acceptors (Lipinski definition) is 0. The second-order valence-electron chi connectivity index (χ2n) is 5.37. The first-order chi connectivity index (χ1) is 7.79. The molecule has 2 atom stereocenters. The smallest absolute Gasteiger partial charge is 0.00528 e. The number of hydrogen-bond donors (Lipinski definition) is 0. The standard InChI is InChI=1S/C16H20.Hf/c1-3-11(2)15-8-7-14-9-12-5-4-6-13(12)10-16(14)15;/h7-11,15H,3-6H2,1-2H3;. The fraction of sp³-hybridized carbons (Fsp3) is 0.500. The van der Waals surface area contributed by atoms with Gasteiger partial charge in [-0.25, -0.2) is 0 Å². The number of rotatable bonds is 2. The van der Waals surface area contributed by atoms with Gasteiger partial charge in [0.05, 0.1) is 0 Å². The number of allylic oxidation sites excluding steroid dienone is 1. The summed E-state index contributed by atoms with van der Waals surface area (Å²) in [5.41, 5.74) is 6.31. The van der Waals surface area contributed by atoms with E-state index in [1.807, 2.05) is 0 Å². The van der Waals surface area contributed by atoms with Gasteiger partial charge in [0.25, 0.3) is 0 Å². The minimum Gasteiger partial charge on any atom is -0.0761 e. The molecule has 0 nitrogen and oxygen atoms in total. The molecule has 0 radical (unpaired) electrons. The third kappa shape index (κ3) is 2.23. The van der Waals surface area contributed by atoms with Gasteiger partial charge >= 0.3 is 0 Å². The molecule has 2 aliphatic rings. The summed E-state index contributed by atoms with van der Waals surface area (Å²) >= 11 is 0. The third-order valence-corrected chi connectivity index (χ3v) is 4.40. The molecule has 0 saturated heterocycles. The van der Waals surface area contributed by atoms with Crippen LogP contribution in [0.5, 0.6) is 0 Å². The summed E-state index contributed by atoms with van der Waals surface area (Å²) in [6.07, 6.45) is 9.97. The van der Waals surface area contributed by atoms with Crippen LogP contribution in [0.25, 0.3) is 6.08 Å². The molecule has 0 fully saturated rings. The van der Waals surface area contributed by atoms with E-state index in [0.717, 1.165) is 5.92 Å². The minimum absolute atomic E-state index is 0. The number of benzene rings is 1. The zero-order chi connectivity index (χ0) is 11.1. The van der Waals surface area contributed by atoms with E-state index in [0.29, 0.717) is 5.92 Å². The van der Waals surface area contributed by atoms with E-state index >= 15 is 0 Å². The summed E-state index contributed by atoms with van der Waals surface area (Å²) in [5.74, 6) is 1.45. The number of aryl methyl sites for hydroxylation is 2. The first-order valence-corrected chi connectivity index (χ1v) is 6.63. The summed E-state index contributed by atoms with van der Waals surface area (Å²) < 4.78 is 0. The average Bonchev–Trinajstić information content (AvgIpc) is 2.90. The van der Waals surface area contributed by atoms with Crippen molar-refractivity contribution in [3.8, 4) is 0 Å². The molecule has 1 aromatic carbocycles. The molecule has 0 amide bonds. The maximum Gasteiger partial charge on any atom is 0.00528 e. The Morgan fingerprint density at radius 1 is 1.24 bits per heavy atom. The Labute approximate surface area is 123 Å². The van der Waals surface area contributed by atoms with Crippen LogP contribution in [0.2, 0.25) is 0 Å². The zero-order valence-corrected chi connectivity index (χ0v) is 14.4. The van der Waals surface area contributed by atoms with Crippen molar-refractivity contribution in [1.82, 2.24) is 0 Å². The predicted molar refractivity (Wildman–Crippen MR) is 69.7 cm³/mol. The van der Waals surface area contributed by atoms with Gasteiger partial charge < -0.3 is 0 Å². The molecule has 0 heterocycles. The molecule has 1 heteroatoms. The Morgan fingerprint density at radius 2 is 1.94 bits per heavy atom. The van der Waals surface area contributed by atoms with Gasteiger partial charge in [-0.1, -0.05) is 44.6 Å². The second-order valence-corrected chi connectivity index (χ2v) is 5.37. The normalized spacial score (nSPS) is 21.9. The van der Waals surface area contributed by atoms with Crippen LogP contribution in [0.15, 0.2) is 18.2 Å². The van der Waals surface area contributed by atoms with Crippen molar-refractivity contribution in [1.29, 1.82) is 0 Å². The molecule has 0 saturated carbocycles. The molecule has 17 heavy (non-hydrogen) atoms. The Balaban J connectivity index is 0.00000108. The summed E-state index contributed by atoms with van der Waals surface area (Å²) in [7, 11) is 0. The molecule has 3 rings (SSSR count). The van der Waals surface area contributed by atoms with Crippen LogP contribution in [0.3, 0.4) is 0 Å². The Morgan fingerprint density at radius 3 is 2.65 bits per heavy atom. The van der Waals surface area contributed by atoms with Gasteiger partial charge in [-0.05, 0) is 47.4 Å². The van der Waals surface area contributed by atoms with E-state index in [1.165, 1.54) is 31.2 Å². The van der Waals surface area contributed by atoms with Crippen LogP contribution in [-0.4, -0.2) is 0 Å². The second kappa shape index (κ2) is 5.22. The molecule has 0 bridgehead atoms. The van der Waals surface area contributed by atoms with Crippen molar-refractivity contribution >= 4 is 6.08 Å². The minimum atomic E-state index is 0. The number of fused-ring (bicyclic) bond motifs is 2. The van der Waals surface area contributed by atoms with Crippen molar-refractivity contribution < 1.29 is 25.8 Å². The van der Waals surface area contributed by atoms with Crippen molar-refractivity contribution in [2.75, 3.05) is 0 Å². The van der Waals surface area contributed by atoms with E-state index in [4.69, 9.17) is 0 Å².